The van der Waals surface area contributed by atoms with Crippen LogP contribution in [0.4, 0.5) is 10.1 Å². The number of carbonyl (C=O) groups is 1. The monoisotopic (exact) mass is 442 g/mol. The molecule has 1 N–H and O–H groups in total. The molecule has 7 nitrogen and oxygen atoms in total. The molecule has 0 saturated carbocycles. The van der Waals surface area contributed by atoms with Crippen molar-refractivity contribution in [3.63, 3.8) is 0 Å². The van der Waals surface area contributed by atoms with Crippen LogP contribution in [0.3, 0.4) is 0 Å². The number of benzene rings is 1. The third-order valence-electron chi connectivity index (χ3n) is 3.27. The Kier molecular flexibility index (Phi) is 6.27. The largest absolute Gasteiger partial charge is 0.486 e. The van der Waals surface area contributed by atoms with Crippen LogP contribution in [0.1, 0.15) is 20.4 Å². The van der Waals surface area contributed by atoms with Crippen molar-refractivity contribution in [2.45, 2.75) is 13.2 Å². The van der Waals surface area contributed by atoms with Crippen LogP contribution >= 0.6 is 22.7 Å². The van der Waals surface area contributed by atoms with Gasteiger partial charge in [0.05, 0.1) is 17.6 Å². The van der Waals surface area contributed by atoms with Gasteiger partial charge in [0.2, 0.25) is 10.0 Å². The molecule has 0 amide bonds. The fourth-order valence-electron chi connectivity index (χ4n) is 2.11. The van der Waals surface area contributed by atoms with Crippen molar-refractivity contribution in [2.75, 3.05) is 11.0 Å². The van der Waals surface area contributed by atoms with Crippen LogP contribution < -0.4 is 9.46 Å². The van der Waals surface area contributed by atoms with E-state index in [1.54, 1.807) is 10.8 Å². The van der Waals surface area contributed by atoms with E-state index in [1.807, 2.05) is 0 Å². The number of thiazole rings is 1. The Morgan fingerprint density at radius 2 is 1.93 bits per heavy atom. The van der Waals surface area contributed by atoms with Gasteiger partial charge >= 0.3 is 5.97 Å². The van der Waals surface area contributed by atoms with E-state index in [4.69, 9.17) is 9.47 Å². The molecule has 1 aromatic carbocycles. The van der Waals surface area contributed by atoms with Gasteiger partial charge in [-0.2, -0.15) is 0 Å². The molecular weight excluding hydrogens is 427 g/mol. The molecule has 11 heteroatoms. The van der Waals surface area contributed by atoms with Crippen molar-refractivity contribution < 1.29 is 27.1 Å². The van der Waals surface area contributed by atoms with Gasteiger partial charge in [-0.25, -0.2) is 22.6 Å². The van der Waals surface area contributed by atoms with Gasteiger partial charge in [0, 0.05) is 5.38 Å². The summed E-state index contributed by atoms with van der Waals surface area (Å²) in [6.45, 7) is 0.152. The number of halogens is 1. The van der Waals surface area contributed by atoms with Crippen molar-refractivity contribution >= 4 is 44.4 Å². The molecule has 0 unspecified atom stereocenters. The minimum absolute atomic E-state index is 0.0535. The maximum atomic E-state index is 12.9. The number of nitrogens with zero attached hydrogens (tertiary/aromatic N) is 1. The number of hydrogen-bond acceptors (Lipinski definition) is 8. The van der Waals surface area contributed by atoms with Crippen molar-refractivity contribution in [3.8, 4) is 5.75 Å². The highest BCUT2D eigenvalue weighted by Gasteiger charge is 2.18. The predicted molar refractivity (Wildman–Crippen MR) is 105 cm³/mol. The standard InChI is InChI=1S/C17H15FN2O5S3/c1-28(22,23)20-14-6-7-26-16(14)17(21)25-8-12-10-27-15(19-12)9-24-13-4-2-11(18)3-5-13/h2-7,10,20H,8-9H2,1H3. The molecule has 2 aromatic heterocycles. The second kappa shape index (κ2) is 8.67. The first-order valence-corrected chi connectivity index (χ1v) is 11.5. The van der Waals surface area contributed by atoms with E-state index in [2.05, 4.69) is 9.71 Å². The Balaban J connectivity index is 1.53. The summed E-state index contributed by atoms with van der Waals surface area (Å²) >= 11 is 2.42. The molecule has 2 heterocycles. The first kappa shape index (κ1) is 20.2. The number of carbonyl (C=O) groups excluding carboxylic acids is 1. The van der Waals surface area contributed by atoms with Gasteiger partial charge in [-0.15, -0.1) is 22.7 Å². The average Bonchev–Trinajstić information content (AvgIpc) is 3.27. The number of anilines is 1. The highest BCUT2D eigenvalue weighted by Crippen LogP contribution is 2.24. The molecular formula is C17H15FN2O5S3. The van der Waals surface area contributed by atoms with Crippen LogP contribution in [0, 0.1) is 5.82 Å². The summed E-state index contributed by atoms with van der Waals surface area (Å²) < 4.78 is 48.6. The van der Waals surface area contributed by atoms with E-state index in [1.165, 1.54) is 41.7 Å². The third-order valence-corrected chi connectivity index (χ3v) is 5.63. The van der Waals surface area contributed by atoms with E-state index in [-0.39, 0.29) is 29.6 Å². The Morgan fingerprint density at radius 3 is 2.64 bits per heavy atom. The zero-order valence-electron chi connectivity index (χ0n) is 14.5. The van der Waals surface area contributed by atoms with Gasteiger partial charge in [0.1, 0.15) is 34.7 Å². The lowest BCUT2D eigenvalue weighted by Gasteiger charge is -2.05. The van der Waals surface area contributed by atoms with Crippen molar-refractivity contribution in [2.24, 2.45) is 0 Å². The van der Waals surface area contributed by atoms with E-state index < -0.39 is 16.0 Å². The molecule has 0 atom stereocenters. The highest BCUT2D eigenvalue weighted by atomic mass is 32.2. The fraction of sp³-hybridized carbons (Fsp3) is 0.176. The number of esters is 1. The quantitative estimate of drug-likeness (QED) is 0.535. The number of rotatable bonds is 8. The van der Waals surface area contributed by atoms with Crippen LogP contribution in [0.25, 0.3) is 0 Å². The molecule has 0 aliphatic carbocycles. The molecule has 148 valence electrons. The zero-order valence-corrected chi connectivity index (χ0v) is 17.0. The van der Waals surface area contributed by atoms with Gasteiger partial charge in [-0.3, -0.25) is 4.72 Å². The van der Waals surface area contributed by atoms with Gasteiger partial charge in [-0.05, 0) is 35.7 Å². The number of thiophene rings is 1. The number of ether oxygens (including phenoxy) is 2. The zero-order chi connectivity index (χ0) is 20.1. The molecule has 0 radical (unpaired) electrons. The normalized spacial score (nSPS) is 11.2. The van der Waals surface area contributed by atoms with Crippen molar-refractivity contribution in [1.29, 1.82) is 0 Å². The van der Waals surface area contributed by atoms with Gasteiger partial charge in [-0.1, -0.05) is 0 Å². The Morgan fingerprint density at radius 1 is 1.18 bits per heavy atom. The summed E-state index contributed by atoms with van der Waals surface area (Å²) in [6.07, 6.45) is 1.00. The van der Waals surface area contributed by atoms with Crippen LogP contribution in [0.15, 0.2) is 41.1 Å². The van der Waals surface area contributed by atoms with Crippen LogP contribution in [0.5, 0.6) is 5.75 Å². The van der Waals surface area contributed by atoms with E-state index in [9.17, 15) is 17.6 Å². The number of nitrogens with one attached hydrogen (secondary N) is 1. The lowest BCUT2D eigenvalue weighted by atomic mass is 10.3. The Hall–Kier alpha value is -2.50. The molecule has 0 fully saturated rings. The second-order valence-electron chi connectivity index (χ2n) is 5.59. The highest BCUT2D eigenvalue weighted by molar-refractivity contribution is 7.92. The van der Waals surface area contributed by atoms with Crippen molar-refractivity contribution in [1.82, 2.24) is 4.98 Å². The lowest BCUT2D eigenvalue weighted by Crippen LogP contribution is -2.12. The maximum absolute atomic E-state index is 12.9. The summed E-state index contributed by atoms with van der Waals surface area (Å²) in [5, 5.41) is 4.00. The summed E-state index contributed by atoms with van der Waals surface area (Å²) in [6, 6.07) is 7.15. The SMILES string of the molecule is CS(=O)(=O)Nc1ccsc1C(=O)OCc1csc(COc2ccc(F)cc2)n1. The fourth-order valence-corrected chi connectivity index (χ4v) is 4.18. The first-order chi connectivity index (χ1) is 13.3. The molecule has 0 bridgehead atoms. The van der Waals surface area contributed by atoms with Gasteiger partial charge < -0.3 is 9.47 Å². The summed E-state index contributed by atoms with van der Waals surface area (Å²) in [7, 11) is -3.50. The number of aromatic nitrogens is 1. The third kappa shape index (κ3) is 5.75. The molecule has 3 aromatic rings. The Bertz CT molecular complexity index is 1060. The molecule has 0 spiro atoms. The molecule has 28 heavy (non-hydrogen) atoms. The summed E-state index contributed by atoms with van der Waals surface area (Å²) in [5.41, 5.74) is 0.731. The summed E-state index contributed by atoms with van der Waals surface area (Å²) in [4.78, 5) is 16.7. The molecule has 0 aliphatic heterocycles. The maximum Gasteiger partial charge on any atom is 0.350 e. The van der Waals surface area contributed by atoms with Gasteiger partial charge in [0.15, 0.2) is 0 Å². The smallest absolute Gasteiger partial charge is 0.350 e. The second-order valence-corrected chi connectivity index (χ2v) is 9.20. The van der Waals surface area contributed by atoms with Crippen LogP contribution in [-0.2, 0) is 28.0 Å². The van der Waals surface area contributed by atoms with Gasteiger partial charge in [0.25, 0.3) is 0 Å². The number of sulfonamides is 1. The van der Waals surface area contributed by atoms with Crippen LogP contribution in [0.2, 0.25) is 0 Å². The average molecular weight is 443 g/mol. The molecule has 0 aliphatic rings. The van der Waals surface area contributed by atoms with E-state index >= 15 is 0 Å². The predicted octanol–water partition coefficient (Wildman–Crippen LogP) is 3.65. The van der Waals surface area contributed by atoms with E-state index in [0.717, 1.165) is 17.6 Å². The summed E-state index contributed by atoms with van der Waals surface area (Å²) in [5.74, 6) is -0.460. The Labute approximate surface area is 168 Å². The van der Waals surface area contributed by atoms with Crippen LogP contribution in [-0.4, -0.2) is 25.6 Å². The molecule has 3 rings (SSSR count). The number of hydrogen-bond donors (Lipinski definition) is 1. The molecule has 0 saturated heterocycles. The van der Waals surface area contributed by atoms with Crippen molar-refractivity contribution in [3.05, 3.63) is 62.5 Å². The minimum atomic E-state index is -3.50. The van der Waals surface area contributed by atoms with E-state index in [0.29, 0.717) is 16.5 Å². The first-order valence-electron chi connectivity index (χ1n) is 7.84. The minimum Gasteiger partial charge on any atom is -0.486 e. The topological polar surface area (TPSA) is 94.6 Å². The lowest BCUT2D eigenvalue weighted by molar-refractivity contribution is 0.0475.